The van der Waals surface area contributed by atoms with E-state index in [0.717, 1.165) is 21.9 Å². The van der Waals surface area contributed by atoms with E-state index in [9.17, 15) is 4.79 Å². The second kappa shape index (κ2) is 6.81. The average molecular weight is 373 g/mol. The summed E-state index contributed by atoms with van der Waals surface area (Å²) < 4.78 is 15.2. The Labute approximate surface area is 152 Å². The molecule has 6 nitrogen and oxygen atoms in total. The van der Waals surface area contributed by atoms with Crippen LogP contribution in [0.1, 0.15) is 5.56 Å². The number of fused-ring (bicyclic) bond motifs is 1. The molecule has 0 saturated carbocycles. The van der Waals surface area contributed by atoms with E-state index in [4.69, 9.17) is 9.47 Å². The number of rotatable bonds is 4. The van der Waals surface area contributed by atoms with Gasteiger partial charge in [0.2, 0.25) is 11.0 Å². The number of hydrogen-bond acceptors (Lipinski definition) is 7. The SMILES string of the molecule is COc1ccc2c(c1)OCC(C(=O)Nc1nc(-c3cccs3)ns1)C2. The van der Waals surface area contributed by atoms with Crippen LogP contribution in [0, 0.1) is 5.92 Å². The van der Waals surface area contributed by atoms with E-state index in [-0.39, 0.29) is 11.8 Å². The Kier molecular flexibility index (Phi) is 4.37. The lowest BCUT2D eigenvalue weighted by molar-refractivity contribution is -0.121. The number of amides is 1. The third-order valence-electron chi connectivity index (χ3n) is 3.95. The number of carbonyl (C=O) groups excluding carboxylic acids is 1. The quantitative estimate of drug-likeness (QED) is 0.758. The summed E-state index contributed by atoms with van der Waals surface area (Å²) in [6.45, 7) is 0.336. The van der Waals surface area contributed by atoms with Crippen molar-refractivity contribution in [3.63, 3.8) is 0 Å². The third-order valence-corrected chi connectivity index (χ3v) is 5.45. The van der Waals surface area contributed by atoms with Gasteiger partial charge in [0.1, 0.15) is 18.1 Å². The molecule has 0 aliphatic carbocycles. The number of methoxy groups -OCH3 is 1. The first kappa shape index (κ1) is 16.0. The maximum absolute atomic E-state index is 12.5. The Morgan fingerprint density at radius 2 is 2.32 bits per heavy atom. The molecule has 1 atom stereocenters. The van der Waals surface area contributed by atoms with Gasteiger partial charge in [-0.3, -0.25) is 4.79 Å². The number of carbonyl (C=O) groups is 1. The topological polar surface area (TPSA) is 73.3 Å². The summed E-state index contributed by atoms with van der Waals surface area (Å²) in [6, 6.07) is 9.57. The van der Waals surface area contributed by atoms with Crippen molar-refractivity contribution in [3.8, 4) is 22.2 Å². The van der Waals surface area contributed by atoms with Gasteiger partial charge in [0.05, 0.1) is 17.9 Å². The molecule has 1 aromatic carbocycles. The van der Waals surface area contributed by atoms with Crippen LogP contribution in [0.2, 0.25) is 0 Å². The van der Waals surface area contributed by atoms with Crippen molar-refractivity contribution in [1.82, 2.24) is 9.36 Å². The second-order valence-electron chi connectivity index (χ2n) is 5.58. The van der Waals surface area contributed by atoms with Crippen LogP contribution in [0.5, 0.6) is 11.5 Å². The minimum Gasteiger partial charge on any atom is -0.497 e. The van der Waals surface area contributed by atoms with Gasteiger partial charge < -0.3 is 14.8 Å². The number of thiophene rings is 1. The van der Waals surface area contributed by atoms with Gasteiger partial charge in [-0.1, -0.05) is 12.1 Å². The molecule has 0 saturated heterocycles. The number of hydrogen-bond donors (Lipinski definition) is 1. The normalized spacial score (nSPS) is 16.0. The van der Waals surface area contributed by atoms with Crippen LogP contribution in [-0.4, -0.2) is 29.0 Å². The Balaban J connectivity index is 1.43. The highest BCUT2D eigenvalue weighted by atomic mass is 32.1. The highest BCUT2D eigenvalue weighted by molar-refractivity contribution is 7.14. The van der Waals surface area contributed by atoms with E-state index < -0.39 is 0 Å². The number of ether oxygens (including phenoxy) is 2. The number of benzene rings is 1. The smallest absolute Gasteiger partial charge is 0.233 e. The molecule has 2 aromatic heterocycles. The van der Waals surface area contributed by atoms with Gasteiger partial charge in [-0.15, -0.1) is 11.3 Å². The van der Waals surface area contributed by atoms with Gasteiger partial charge in [0.15, 0.2) is 5.82 Å². The highest BCUT2D eigenvalue weighted by Crippen LogP contribution is 2.32. The van der Waals surface area contributed by atoms with Crippen molar-refractivity contribution in [2.24, 2.45) is 5.92 Å². The molecule has 128 valence electrons. The summed E-state index contributed by atoms with van der Waals surface area (Å²) >= 11 is 2.76. The summed E-state index contributed by atoms with van der Waals surface area (Å²) in [4.78, 5) is 17.9. The average Bonchev–Trinajstić information content (AvgIpc) is 3.32. The summed E-state index contributed by atoms with van der Waals surface area (Å²) in [7, 11) is 1.62. The number of nitrogens with one attached hydrogen (secondary N) is 1. The molecule has 4 rings (SSSR count). The van der Waals surface area contributed by atoms with Crippen molar-refractivity contribution in [2.45, 2.75) is 6.42 Å². The number of aromatic nitrogens is 2. The van der Waals surface area contributed by atoms with E-state index in [1.54, 1.807) is 18.4 Å². The Morgan fingerprint density at radius 1 is 1.40 bits per heavy atom. The lowest BCUT2D eigenvalue weighted by Crippen LogP contribution is -2.32. The minimum atomic E-state index is -0.255. The molecular weight excluding hydrogens is 358 g/mol. The Morgan fingerprint density at radius 3 is 3.12 bits per heavy atom. The van der Waals surface area contributed by atoms with Crippen LogP contribution in [-0.2, 0) is 11.2 Å². The molecule has 0 radical (unpaired) electrons. The first-order chi connectivity index (χ1) is 12.2. The van der Waals surface area contributed by atoms with Crippen LogP contribution in [0.25, 0.3) is 10.7 Å². The predicted molar refractivity (Wildman–Crippen MR) is 97.5 cm³/mol. The van der Waals surface area contributed by atoms with E-state index in [1.165, 1.54) is 11.5 Å². The molecule has 1 amide bonds. The van der Waals surface area contributed by atoms with Crippen LogP contribution in [0.3, 0.4) is 0 Å². The molecule has 0 fully saturated rings. The van der Waals surface area contributed by atoms with Gasteiger partial charge in [0.25, 0.3) is 0 Å². The van der Waals surface area contributed by atoms with E-state index in [1.807, 2.05) is 35.7 Å². The largest absolute Gasteiger partial charge is 0.497 e. The van der Waals surface area contributed by atoms with Crippen molar-refractivity contribution in [3.05, 3.63) is 41.3 Å². The summed E-state index contributed by atoms with van der Waals surface area (Å²) in [6.07, 6.45) is 0.627. The molecule has 0 spiro atoms. The lowest BCUT2D eigenvalue weighted by atomic mass is 9.96. The maximum Gasteiger partial charge on any atom is 0.233 e. The van der Waals surface area contributed by atoms with Crippen molar-refractivity contribution < 1.29 is 14.3 Å². The maximum atomic E-state index is 12.5. The highest BCUT2D eigenvalue weighted by Gasteiger charge is 2.27. The fourth-order valence-electron chi connectivity index (χ4n) is 2.64. The molecule has 1 N–H and O–H groups in total. The van der Waals surface area contributed by atoms with Gasteiger partial charge >= 0.3 is 0 Å². The fraction of sp³-hybridized carbons (Fsp3) is 0.235. The van der Waals surface area contributed by atoms with Crippen LogP contribution in [0.4, 0.5) is 5.13 Å². The molecule has 25 heavy (non-hydrogen) atoms. The molecule has 8 heteroatoms. The van der Waals surface area contributed by atoms with Crippen LogP contribution < -0.4 is 14.8 Å². The van der Waals surface area contributed by atoms with Crippen molar-refractivity contribution in [2.75, 3.05) is 19.0 Å². The van der Waals surface area contributed by atoms with Crippen LogP contribution >= 0.6 is 22.9 Å². The van der Waals surface area contributed by atoms with E-state index in [2.05, 4.69) is 14.7 Å². The molecule has 3 heterocycles. The predicted octanol–water partition coefficient (Wildman–Crippen LogP) is 3.47. The molecule has 1 aliphatic heterocycles. The van der Waals surface area contributed by atoms with Gasteiger partial charge in [-0.05, 0) is 29.5 Å². The first-order valence-corrected chi connectivity index (χ1v) is 9.36. The van der Waals surface area contributed by atoms with Crippen molar-refractivity contribution >= 4 is 33.9 Å². The minimum absolute atomic E-state index is 0.102. The molecule has 1 unspecified atom stereocenters. The zero-order valence-corrected chi connectivity index (χ0v) is 15.0. The standard InChI is InChI=1S/C17H15N3O3S2/c1-22-12-5-4-10-7-11(9-23-13(10)8-12)16(21)19-17-18-15(20-25-17)14-3-2-6-24-14/h2-6,8,11H,7,9H2,1H3,(H,18,19,20,21). The third kappa shape index (κ3) is 3.35. The zero-order chi connectivity index (χ0) is 17.2. The molecular formula is C17H15N3O3S2. The van der Waals surface area contributed by atoms with Crippen molar-refractivity contribution in [1.29, 1.82) is 0 Å². The monoisotopic (exact) mass is 373 g/mol. The summed E-state index contributed by atoms with van der Waals surface area (Å²) in [5.74, 6) is 1.81. The fourth-order valence-corrected chi connectivity index (χ4v) is 3.94. The summed E-state index contributed by atoms with van der Waals surface area (Å²) in [5, 5.41) is 5.33. The molecule has 1 aliphatic rings. The zero-order valence-electron chi connectivity index (χ0n) is 13.4. The van der Waals surface area contributed by atoms with Crippen LogP contribution in [0.15, 0.2) is 35.7 Å². The van der Waals surface area contributed by atoms with Gasteiger partial charge in [-0.2, -0.15) is 9.36 Å². The molecule has 0 bridgehead atoms. The Bertz CT molecular complexity index is 892. The first-order valence-electron chi connectivity index (χ1n) is 7.71. The Hall–Kier alpha value is -2.45. The summed E-state index contributed by atoms with van der Waals surface area (Å²) in [5.41, 5.74) is 1.00. The lowest BCUT2D eigenvalue weighted by Gasteiger charge is -2.24. The number of nitrogens with zero attached hydrogens (tertiary/aromatic N) is 2. The van der Waals surface area contributed by atoms with E-state index >= 15 is 0 Å². The van der Waals surface area contributed by atoms with Gasteiger partial charge in [-0.25, -0.2) is 0 Å². The van der Waals surface area contributed by atoms with Gasteiger partial charge in [0, 0.05) is 17.6 Å². The van der Waals surface area contributed by atoms with E-state index in [0.29, 0.717) is 24.0 Å². The second-order valence-corrected chi connectivity index (χ2v) is 7.27. The number of anilines is 1. The molecule has 3 aromatic rings.